The van der Waals surface area contributed by atoms with Crippen molar-refractivity contribution in [3.8, 4) is 0 Å². The molecule has 0 amide bonds. The maximum absolute atomic E-state index is 6.80. The summed E-state index contributed by atoms with van der Waals surface area (Å²) in [7, 11) is 0. The summed E-state index contributed by atoms with van der Waals surface area (Å²) in [6.07, 6.45) is -1.49. The SMILES string of the molecule is CC(C)P(Cl)(=Cc1ccccc1)C(C)C. The number of benzene rings is 1. The van der Waals surface area contributed by atoms with E-state index in [1.807, 2.05) is 6.07 Å². The first-order valence-electron chi connectivity index (χ1n) is 5.45. The Morgan fingerprint density at radius 2 is 1.47 bits per heavy atom. The van der Waals surface area contributed by atoms with Crippen molar-refractivity contribution in [3.05, 3.63) is 35.9 Å². The zero-order chi connectivity index (χ0) is 11.5. The monoisotopic (exact) mass is 242 g/mol. The van der Waals surface area contributed by atoms with Crippen LogP contribution < -0.4 is 0 Å². The third-order valence-corrected chi connectivity index (χ3v) is 9.22. The molecule has 0 saturated carbocycles. The number of hydrogen-bond donors (Lipinski definition) is 0. The molecule has 1 aromatic rings. The van der Waals surface area contributed by atoms with Gasteiger partial charge in [-0.05, 0) is 28.9 Å². The van der Waals surface area contributed by atoms with Crippen LogP contribution in [0.1, 0.15) is 33.3 Å². The number of hydrogen-bond acceptors (Lipinski definition) is 0. The third kappa shape index (κ3) is 3.13. The Kier molecular flexibility index (Phi) is 4.49. The van der Waals surface area contributed by atoms with Crippen molar-refractivity contribution in [3.63, 3.8) is 0 Å². The minimum atomic E-state index is -1.49. The van der Waals surface area contributed by atoms with E-state index in [2.05, 4.69) is 57.8 Å². The van der Waals surface area contributed by atoms with Gasteiger partial charge >= 0.3 is 0 Å². The van der Waals surface area contributed by atoms with Crippen molar-refractivity contribution in [1.29, 1.82) is 0 Å². The van der Waals surface area contributed by atoms with Gasteiger partial charge in [-0.25, -0.2) is 0 Å². The van der Waals surface area contributed by atoms with Gasteiger partial charge in [0.1, 0.15) is 0 Å². The largest absolute Gasteiger partial charge is 0.0972 e. The molecule has 0 aliphatic heterocycles. The highest BCUT2D eigenvalue weighted by Gasteiger charge is 2.22. The van der Waals surface area contributed by atoms with Crippen LogP contribution in [0.5, 0.6) is 0 Å². The molecule has 0 heterocycles. The quantitative estimate of drug-likeness (QED) is 0.667. The van der Waals surface area contributed by atoms with Crippen LogP contribution in [0.4, 0.5) is 0 Å². The second-order valence-electron chi connectivity index (χ2n) is 4.47. The van der Waals surface area contributed by atoms with Gasteiger partial charge < -0.3 is 0 Å². The minimum Gasteiger partial charge on any atom is -0.0972 e. The summed E-state index contributed by atoms with van der Waals surface area (Å²) in [4.78, 5) is 0. The maximum Gasteiger partial charge on any atom is -0.0135 e. The lowest BCUT2D eigenvalue weighted by molar-refractivity contribution is 1.02. The van der Waals surface area contributed by atoms with Crippen LogP contribution in [-0.4, -0.2) is 17.1 Å². The molecule has 0 unspecified atom stereocenters. The molecule has 1 rings (SSSR count). The van der Waals surface area contributed by atoms with Crippen molar-refractivity contribution in [2.75, 3.05) is 0 Å². The molecule has 2 heteroatoms. The maximum atomic E-state index is 6.80. The van der Waals surface area contributed by atoms with E-state index in [0.717, 1.165) is 0 Å². The van der Waals surface area contributed by atoms with E-state index in [1.165, 1.54) is 5.56 Å². The molecular weight excluding hydrogens is 223 g/mol. The lowest BCUT2D eigenvalue weighted by Crippen LogP contribution is -2.06. The molecule has 84 valence electrons. The molecular formula is C13H20ClP. The standard InChI is InChI=1S/C13H20ClP/c1-11(2)15(14,12(3)4)10-13-8-6-5-7-9-13/h5-12H,1-4H3. The Labute approximate surface area is 98.4 Å². The van der Waals surface area contributed by atoms with E-state index in [0.29, 0.717) is 11.3 Å². The van der Waals surface area contributed by atoms with E-state index >= 15 is 0 Å². The van der Waals surface area contributed by atoms with Crippen molar-refractivity contribution >= 4 is 23.3 Å². The van der Waals surface area contributed by atoms with Crippen LogP contribution >= 0.6 is 17.5 Å². The molecule has 15 heavy (non-hydrogen) atoms. The van der Waals surface area contributed by atoms with Crippen LogP contribution in [0.25, 0.3) is 0 Å². The Morgan fingerprint density at radius 3 is 1.87 bits per heavy atom. The first-order chi connectivity index (χ1) is 6.97. The first-order valence-corrected chi connectivity index (χ1v) is 8.35. The topological polar surface area (TPSA) is 0 Å². The molecule has 0 atom stereocenters. The molecule has 0 nitrogen and oxygen atoms in total. The fourth-order valence-electron chi connectivity index (χ4n) is 1.66. The number of rotatable bonds is 3. The van der Waals surface area contributed by atoms with Crippen molar-refractivity contribution in [1.82, 2.24) is 0 Å². The Bertz CT molecular complexity index is 340. The Morgan fingerprint density at radius 1 is 1.00 bits per heavy atom. The average molecular weight is 243 g/mol. The lowest BCUT2D eigenvalue weighted by Gasteiger charge is -2.27. The molecule has 0 aromatic heterocycles. The van der Waals surface area contributed by atoms with Gasteiger partial charge in [-0.15, -0.1) is 0 Å². The lowest BCUT2D eigenvalue weighted by atomic mass is 10.2. The van der Waals surface area contributed by atoms with E-state index in [4.69, 9.17) is 11.2 Å². The summed E-state index contributed by atoms with van der Waals surface area (Å²) >= 11 is 6.80. The van der Waals surface area contributed by atoms with Gasteiger partial charge in [0.25, 0.3) is 0 Å². The van der Waals surface area contributed by atoms with Gasteiger partial charge in [-0.1, -0.05) is 69.3 Å². The fraction of sp³-hybridized carbons (Fsp3) is 0.462. The van der Waals surface area contributed by atoms with E-state index in [9.17, 15) is 0 Å². The van der Waals surface area contributed by atoms with Gasteiger partial charge in [0.2, 0.25) is 0 Å². The van der Waals surface area contributed by atoms with Crippen LogP contribution in [0.2, 0.25) is 0 Å². The van der Waals surface area contributed by atoms with Crippen molar-refractivity contribution in [2.45, 2.75) is 39.0 Å². The second-order valence-corrected chi connectivity index (χ2v) is 10.0. The summed E-state index contributed by atoms with van der Waals surface area (Å²) in [5.41, 5.74) is 2.34. The first kappa shape index (κ1) is 12.9. The van der Waals surface area contributed by atoms with Crippen molar-refractivity contribution in [2.24, 2.45) is 0 Å². The molecule has 0 saturated heterocycles. The summed E-state index contributed by atoms with van der Waals surface area (Å²) in [5, 5.41) is 0. The van der Waals surface area contributed by atoms with Crippen LogP contribution in [-0.2, 0) is 0 Å². The molecule has 0 aliphatic carbocycles. The Balaban J connectivity index is 3.16. The molecule has 0 aliphatic rings. The molecule has 0 radical (unpaired) electrons. The van der Waals surface area contributed by atoms with Gasteiger partial charge in [0, 0.05) is 0 Å². The predicted molar refractivity (Wildman–Crippen MR) is 74.7 cm³/mol. The van der Waals surface area contributed by atoms with E-state index in [-0.39, 0.29) is 0 Å². The predicted octanol–water partition coefficient (Wildman–Crippen LogP) is 4.83. The molecule has 0 N–H and O–H groups in total. The second kappa shape index (κ2) is 5.23. The minimum absolute atomic E-state index is 0.541. The van der Waals surface area contributed by atoms with E-state index in [1.54, 1.807) is 0 Å². The molecule has 0 spiro atoms. The summed E-state index contributed by atoms with van der Waals surface area (Å²) in [6, 6.07) is 10.4. The van der Waals surface area contributed by atoms with Crippen LogP contribution in [0, 0.1) is 0 Å². The third-order valence-electron chi connectivity index (χ3n) is 2.73. The van der Waals surface area contributed by atoms with Crippen molar-refractivity contribution < 1.29 is 0 Å². The molecule has 0 fully saturated rings. The van der Waals surface area contributed by atoms with Gasteiger partial charge in [0.15, 0.2) is 0 Å². The zero-order valence-electron chi connectivity index (χ0n) is 9.94. The van der Waals surface area contributed by atoms with Gasteiger partial charge in [0.05, 0.1) is 0 Å². The highest BCUT2D eigenvalue weighted by Crippen LogP contribution is 2.61. The number of halogens is 1. The average Bonchev–Trinajstić information content (AvgIpc) is 2.18. The Hall–Kier alpha value is -0.190. The normalized spacial score (nSPS) is 12.2. The molecule has 0 bridgehead atoms. The van der Waals surface area contributed by atoms with Gasteiger partial charge in [-0.2, -0.15) is 0 Å². The van der Waals surface area contributed by atoms with Crippen LogP contribution in [0.3, 0.4) is 0 Å². The highest BCUT2D eigenvalue weighted by molar-refractivity contribution is 7.98. The van der Waals surface area contributed by atoms with Gasteiger partial charge in [-0.3, -0.25) is 0 Å². The molecule has 1 aromatic carbocycles. The van der Waals surface area contributed by atoms with E-state index < -0.39 is 6.24 Å². The fourth-order valence-corrected chi connectivity index (χ4v) is 4.42. The summed E-state index contributed by atoms with van der Waals surface area (Å²) < 4.78 is 0. The summed E-state index contributed by atoms with van der Waals surface area (Å²) in [5.74, 6) is 2.30. The summed E-state index contributed by atoms with van der Waals surface area (Å²) in [6.45, 7) is 8.89. The smallest absolute Gasteiger partial charge is 0.0135 e. The highest BCUT2D eigenvalue weighted by atomic mass is 35.7. The van der Waals surface area contributed by atoms with Crippen LogP contribution in [0.15, 0.2) is 30.3 Å². The zero-order valence-corrected chi connectivity index (χ0v) is 11.6.